The van der Waals surface area contributed by atoms with Crippen molar-refractivity contribution in [1.29, 1.82) is 0 Å². The van der Waals surface area contributed by atoms with Crippen LogP contribution in [0.15, 0.2) is 24.3 Å². The Balaban J connectivity index is 1.74. The van der Waals surface area contributed by atoms with Gasteiger partial charge in [0.2, 0.25) is 5.13 Å². The monoisotopic (exact) mass is 335 g/mol. The van der Waals surface area contributed by atoms with Crippen LogP contribution in [0.4, 0.5) is 9.52 Å². The quantitative estimate of drug-likeness (QED) is 0.872. The Morgan fingerprint density at radius 3 is 2.65 bits per heavy atom. The van der Waals surface area contributed by atoms with Gasteiger partial charge < -0.3 is 10.1 Å². The van der Waals surface area contributed by atoms with Crippen molar-refractivity contribution in [2.45, 2.75) is 38.0 Å². The first-order chi connectivity index (χ1) is 11.2. The van der Waals surface area contributed by atoms with Gasteiger partial charge in [0.1, 0.15) is 10.8 Å². The zero-order valence-electron chi connectivity index (χ0n) is 13.3. The van der Waals surface area contributed by atoms with Crippen molar-refractivity contribution in [1.82, 2.24) is 10.2 Å². The number of nitrogens with zero attached hydrogens (tertiary/aromatic N) is 2. The van der Waals surface area contributed by atoms with E-state index in [0.29, 0.717) is 0 Å². The highest BCUT2D eigenvalue weighted by Crippen LogP contribution is 2.35. The number of ether oxygens (including phenoxy) is 1. The minimum Gasteiger partial charge on any atom is -0.381 e. The van der Waals surface area contributed by atoms with Crippen LogP contribution in [0.2, 0.25) is 0 Å². The molecule has 1 fully saturated rings. The van der Waals surface area contributed by atoms with Gasteiger partial charge in [0.15, 0.2) is 0 Å². The Hall–Kier alpha value is -1.53. The molecule has 2 heterocycles. The predicted molar refractivity (Wildman–Crippen MR) is 90.5 cm³/mol. The summed E-state index contributed by atoms with van der Waals surface area (Å²) in [6.07, 6.45) is 3.89. The molecule has 0 amide bonds. The fourth-order valence-electron chi connectivity index (χ4n) is 3.02. The van der Waals surface area contributed by atoms with Gasteiger partial charge in [-0.1, -0.05) is 30.4 Å². The highest BCUT2D eigenvalue weighted by molar-refractivity contribution is 7.15. The maximum atomic E-state index is 13.2. The Morgan fingerprint density at radius 1 is 1.22 bits per heavy atom. The van der Waals surface area contributed by atoms with Gasteiger partial charge in [-0.25, -0.2) is 4.39 Å². The van der Waals surface area contributed by atoms with E-state index in [4.69, 9.17) is 4.74 Å². The fraction of sp³-hybridized carbons (Fsp3) is 0.529. The van der Waals surface area contributed by atoms with Crippen molar-refractivity contribution in [2.75, 3.05) is 25.1 Å². The second-order valence-electron chi connectivity index (χ2n) is 6.00. The number of nitrogens with one attached hydrogen (secondary N) is 1. The summed E-state index contributed by atoms with van der Waals surface area (Å²) >= 11 is 1.62. The Kier molecular flexibility index (Phi) is 5.23. The second-order valence-corrected chi connectivity index (χ2v) is 7.07. The summed E-state index contributed by atoms with van der Waals surface area (Å²) in [5, 5.41) is 13.8. The van der Waals surface area contributed by atoms with Gasteiger partial charge in [-0.2, -0.15) is 0 Å². The Morgan fingerprint density at radius 2 is 1.96 bits per heavy atom. The first kappa shape index (κ1) is 16.3. The van der Waals surface area contributed by atoms with Gasteiger partial charge >= 0.3 is 0 Å². The molecular formula is C17H22FN3OS. The van der Waals surface area contributed by atoms with E-state index in [9.17, 15) is 4.39 Å². The molecule has 2 aromatic rings. The molecule has 1 N–H and O–H groups in total. The van der Waals surface area contributed by atoms with Crippen molar-refractivity contribution < 1.29 is 9.13 Å². The molecule has 3 rings (SSSR count). The fourth-order valence-corrected chi connectivity index (χ4v) is 3.85. The van der Waals surface area contributed by atoms with Crippen molar-refractivity contribution in [3.63, 3.8) is 0 Å². The average Bonchev–Trinajstić information content (AvgIpc) is 3.03. The van der Waals surface area contributed by atoms with E-state index in [1.54, 1.807) is 11.3 Å². The van der Waals surface area contributed by atoms with Gasteiger partial charge in [0.25, 0.3) is 0 Å². The Bertz CT molecular complexity index is 623. The van der Waals surface area contributed by atoms with Gasteiger partial charge in [-0.3, -0.25) is 0 Å². The molecule has 0 atom stereocenters. The molecule has 0 saturated carbocycles. The lowest BCUT2D eigenvalue weighted by Gasteiger charge is -2.37. The minimum absolute atomic E-state index is 0.0391. The van der Waals surface area contributed by atoms with Crippen LogP contribution < -0.4 is 5.32 Å². The van der Waals surface area contributed by atoms with E-state index in [1.165, 1.54) is 12.1 Å². The van der Waals surface area contributed by atoms with E-state index in [0.717, 1.165) is 61.1 Å². The van der Waals surface area contributed by atoms with E-state index in [1.807, 2.05) is 12.1 Å². The molecule has 0 unspecified atom stereocenters. The molecule has 4 nitrogen and oxygen atoms in total. The topological polar surface area (TPSA) is 47.0 Å². The maximum absolute atomic E-state index is 13.2. The third-order valence-corrected chi connectivity index (χ3v) is 5.36. The predicted octanol–water partition coefficient (Wildman–Crippen LogP) is 3.79. The standard InChI is InChI=1S/C17H22FN3OS/c1-2-3-15-20-21-16(23-15)19-12-17(8-10-22-11-9-17)13-4-6-14(18)7-5-13/h4-7H,2-3,8-12H2,1H3,(H,19,21). The van der Waals surface area contributed by atoms with E-state index >= 15 is 0 Å². The van der Waals surface area contributed by atoms with Gasteiger partial charge in [0, 0.05) is 31.6 Å². The van der Waals surface area contributed by atoms with Gasteiger partial charge in [0.05, 0.1) is 0 Å². The number of aromatic nitrogens is 2. The van der Waals surface area contributed by atoms with E-state index in [2.05, 4.69) is 22.4 Å². The van der Waals surface area contributed by atoms with Gasteiger partial charge in [-0.05, 0) is 37.0 Å². The third kappa shape index (κ3) is 3.87. The molecule has 1 saturated heterocycles. The summed E-state index contributed by atoms with van der Waals surface area (Å²) in [5.74, 6) is -0.197. The number of benzene rings is 1. The molecule has 1 aliphatic rings. The molecule has 0 aliphatic carbocycles. The SMILES string of the molecule is CCCc1nnc(NCC2(c3ccc(F)cc3)CCOCC2)s1. The van der Waals surface area contributed by atoms with Crippen molar-refractivity contribution >= 4 is 16.5 Å². The summed E-state index contributed by atoms with van der Waals surface area (Å²) < 4.78 is 18.8. The minimum atomic E-state index is -0.197. The van der Waals surface area contributed by atoms with Gasteiger partial charge in [-0.15, -0.1) is 10.2 Å². The highest BCUT2D eigenvalue weighted by atomic mass is 32.1. The third-order valence-electron chi connectivity index (χ3n) is 4.42. The molecule has 1 aliphatic heterocycles. The first-order valence-corrected chi connectivity index (χ1v) is 8.93. The van der Waals surface area contributed by atoms with Crippen LogP contribution in [0.1, 0.15) is 36.8 Å². The number of hydrogen-bond donors (Lipinski definition) is 1. The molecule has 6 heteroatoms. The summed E-state index contributed by atoms with van der Waals surface area (Å²) in [6.45, 7) is 4.37. The molecular weight excluding hydrogens is 313 g/mol. The van der Waals surface area contributed by atoms with Crippen LogP contribution in [-0.4, -0.2) is 30.0 Å². The smallest absolute Gasteiger partial charge is 0.205 e. The van der Waals surface area contributed by atoms with Crippen LogP contribution in [0.25, 0.3) is 0 Å². The largest absolute Gasteiger partial charge is 0.381 e. The molecule has 23 heavy (non-hydrogen) atoms. The number of halogens is 1. The van der Waals surface area contributed by atoms with Crippen LogP contribution in [0.3, 0.4) is 0 Å². The number of hydrogen-bond acceptors (Lipinski definition) is 5. The zero-order chi connectivity index (χ0) is 16.1. The second kappa shape index (κ2) is 7.36. The van der Waals surface area contributed by atoms with E-state index < -0.39 is 0 Å². The van der Waals surface area contributed by atoms with Crippen molar-refractivity contribution in [3.05, 3.63) is 40.7 Å². The lowest BCUT2D eigenvalue weighted by molar-refractivity contribution is 0.0543. The van der Waals surface area contributed by atoms with Crippen LogP contribution >= 0.6 is 11.3 Å². The highest BCUT2D eigenvalue weighted by Gasteiger charge is 2.34. The number of anilines is 1. The molecule has 1 aromatic carbocycles. The summed E-state index contributed by atoms with van der Waals surface area (Å²) in [6, 6.07) is 6.86. The van der Waals surface area contributed by atoms with Crippen LogP contribution in [-0.2, 0) is 16.6 Å². The lowest BCUT2D eigenvalue weighted by Crippen LogP contribution is -2.40. The summed E-state index contributed by atoms with van der Waals surface area (Å²) in [7, 11) is 0. The molecule has 1 aromatic heterocycles. The van der Waals surface area contributed by atoms with Crippen molar-refractivity contribution in [3.8, 4) is 0 Å². The maximum Gasteiger partial charge on any atom is 0.205 e. The Labute approximate surface area is 140 Å². The van der Waals surface area contributed by atoms with E-state index in [-0.39, 0.29) is 11.2 Å². The molecule has 124 valence electrons. The van der Waals surface area contributed by atoms with Crippen molar-refractivity contribution in [2.24, 2.45) is 0 Å². The zero-order valence-corrected chi connectivity index (χ0v) is 14.2. The average molecular weight is 335 g/mol. The molecule has 0 radical (unpaired) electrons. The summed E-state index contributed by atoms with van der Waals surface area (Å²) in [5.41, 5.74) is 1.12. The summed E-state index contributed by atoms with van der Waals surface area (Å²) in [4.78, 5) is 0. The normalized spacial score (nSPS) is 17.1. The van der Waals surface area contributed by atoms with Crippen LogP contribution in [0.5, 0.6) is 0 Å². The first-order valence-electron chi connectivity index (χ1n) is 8.12. The van der Waals surface area contributed by atoms with Crippen LogP contribution in [0, 0.1) is 5.82 Å². The number of aryl methyl sites for hydroxylation is 1. The number of rotatable bonds is 6. The molecule has 0 bridgehead atoms. The molecule has 0 spiro atoms. The lowest BCUT2D eigenvalue weighted by atomic mass is 9.74.